The van der Waals surface area contributed by atoms with Crippen molar-refractivity contribution in [3.05, 3.63) is 70.6 Å². The van der Waals surface area contributed by atoms with Crippen LogP contribution >= 0.6 is 11.3 Å². The van der Waals surface area contributed by atoms with Crippen molar-refractivity contribution in [3.8, 4) is 10.7 Å². The summed E-state index contributed by atoms with van der Waals surface area (Å²) in [5.74, 6) is -1.34. The van der Waals surface area contributed by atoms with Crippen LogP contribution in [0.1, 0.15) is 20.9 Å². The van der Waals surface area contributed by atoms with E-state index in [0.717, 1.165) is 16.9 Å². The Kier molecular flexibility index (Phi) is 3.93. The van der Waals surface area contributed by atoms with Crippen LogP contribution in [0.2, 0.25) is 0 Å². The van der Waals surface area contributed by atoms with Gasteiger partial charge in [-0.3, -0.25) is 4.98 Å². The number of hydrogen-bond acceptors (Lipinski definition) is 4. The first-order chi connectivity index (χ1) is 10.6. The van der Waals surface area contributed by atoms with Crippen molar-refractivity contribution in [1.29, 1.82) is 0 Å². The average molecular weight is 314 g/mol. The quantitative estimate of drug-likeness (QED) is 0.798. The highest BCUT2D eigenvalue weighted by atomic mass is 32.1. The van der Waals surface area contributed by atoms with Crippen LogP contribution in [0.15, 0.2) is 48.7 Å². The van der Waals surface area contributed by atoms with Gasteiger partial charge in [-0.25, -0.2) is 14.2 Å². The second kappa shape index (κ2) is 6.03. The summed E-state index contributed by atoms with van der Waals surface area (Å²) in [6.07, 6.45) is 1.97. The maximum absolute atomic E-state index is 12.9. The van der Waals surface area contributed by atoms with E-state index in [1.165, 1.54) is 12.1 Å². The van der Waals surface area contributed by atoms with Crippen LogP contribution < -0.4 is 0 Å². The number of halogens is 1. The molecule has 0 aliphatic heterocycles. The molecule has 0 radical (unpaired) electrons. The molecule has 1 aromatic carbocycles. The highest BCUT2D eigenvalue weighted by Gasteiger charge is 2.18. The molecular formula is C16H11FN2O2S. The third-order valence-electron chi connectivity index (χ3n) is 3.06. The monoisotopic (exact) mass is 314 g/mol. The molecule has 0 fully saturated rings. The van der Waals surface area contributed by atoms with E-state index in [1.54, 1.807) is 30.5 Å². The minimum Gasteiger partial charge on any atom is -0.477 e. The van der Waals surface area contributed by atoms with Crippen LogP contribution in [0.5, 0.6) is 0 Å². The lowest BCUT2D eigenvalue weighted by Gasteiger charge is -1.99. The van der Waals surface area contributed by atoms with Gasteiger partial charge < -0.3 is 5.11 Å². The Morgan fingerprint density at radius 1 is 1.18 bits per heavy atom. The molecular weight excluding hydrogens is 303 g/mol. The van der Waals surface area contributed by atoms with E-state index in [1.807, 2.05) is 6.07 Å². The summed E-state index contributed by atoms with van der Waals surface area (Å²) in [4.78, 5) is 20.2. The summed E-state index contributed by atoms with van der Waals surface area (Å²) < 4.78 is 12.9. The smallest absolute Gasteiger partial charge is 0.347 e. The second-order valence-electron chi connectivity index (χ2n) is 4.62. The Morgan fingerprint density at radius 2 is 1.95 bits per heavy atom. The minimum atomic E-state index is -1.02. The number of thiazole rings is 1. The van der Waals surface area contributed by atoms with Gasteiger partial charge in [-0.15, -0.1) is 11.3 Å². The van der Waals surface area contributed by atoms with Gasteiger partial charge >= 0.3 is 5.97 Å². The average Bonchev–Trinajstić information content (AvgIpc) is 2.95. The van der Waals surface area contributed by atoms with Crippen molar-refractivity contribution in [2.75, 3.05) is 0 Å². The van der Waals surface area contributed by atoms with Gasteiger partial charge in [0.05, 0.1) is 11.4 Å². The number of carboxylic acid groups (broad SMARTS) is 1. The Bertz CT molecular complexity index is 801. The van der Waals surface area contributed by atoms with Crippen molar-refractivity contribution in [3.63, 3.8) is 0 Å². The summed E-state index contributed by atoms with van der Waals surface area (Å²) in [5.41, 5.74) is 1.91. The molecule has 1 N–H and O–H groups in total. The van der Waals surface area contributed by atoms with Crippen LogP contribution in [0.25, 0.3) is 10.7 Å². The third kappa shape index (κ3) is 3.01. The topological polar surface area (TPSA) is 63.1 Å². The van der Waals surface area contributed by atoms with E-state index in [9.17, 15) is 14.3 Å². The lowest BCUT2D eigenvalue weighted by Crippen LogP contribution is -2.00. The van der Waals surface area contributed by atoms with E-state index < -0.39 is 5.97 Å². The van der Waals surface area contributed by atoms with Crippen LogP contribution in [-0.4, -0.2) is 21.0 Å². The largest absolute Gasteiger partial charge is 0.477 e. The fourth-order valence-electron chi connectivity index (χ4n) is 2.03. The van der Waals surface area contributed by atoms with Gasteiger partial charge in [-0.1, -0.05) is 18.2 Å². The molecule has 110 valence electrons. The number of carboxylic acids is 1. The molecule has 0 spiro atoms. The zero-order valence-electron chi connectivity index (χ0n) is 11.4. The maximum Gasteiger partial charge on any atom is 0.347 e. The van der Waals surface area contributed by atoms with E-state index in [0.29, 0.717) is 22.8 Å². The Labute approximate surface area is 129 Å². The molecule has 0 aliphatic carbocycles. The van der Waals surface area contributed by atoms with Crippen LogP contribution in [0, 0.1) is 5.82 Å². The molecule has 2 heterocycles. The van der Waals surface area contributed by atoms with Gasteiger partial charge in [0.2, 0.25) is 0 Å². The number of aromatic carboxylic acids is 1. The van der Waals surface area contributed by atoms with Crippen molar-refractivity contribution in [2.24, 2.45) is 0 Å². The Balaban J connectivity index is 1.97. The van der Waals surface area contributed by atoms with Crippen molar-refractivity contribution in [2.45, 2.75) is 6.42 Å². The van der Waals surface area contributed by atoms with Gasteiger partial charge in [0.1, 0.15) is 15.7 Å². The second-order valence-corrected chi connectivity index (χ2v) is 5.62. The molecule has 3 rings (SSSR count). The summed E-state index contributed by atoms with van der Waals surface area (Å²) in [5, 5.41) is 9.90. The third-order valence-corrected chi connectivity index (χ3v) is 4.17. The highest BCUT2D eigenvalue weighted by molar-refractivity contribution is 7.17. The number of hydrogen-bond donors (Lipinski definition) is 1. The molecule has 0 saturated heterocycles. The number of carbonyl (C=O) groups is 1. The van der Waals surface area contributed by atoms with Crippen molar-refractivity contribution in [1.82, 2.24) is 9.97 Å². The number of aromatic nitrogens is 2. The van der Waals surface area contributed by atoms with Crippen LogP contribution in [0.3, 0.4) is 0 Å². The standard InChI is InChI=1S/C16H11FN2O2S/c17-11-6-4-10(5-7-11)9-13-14(16(20)21)22-15(19-13)12-3-1-2-8-18-12/h1-8H,9H2,(H,20,21). The molecule has 22 heavy (non-hydrogen) atoms. The summed E-state index contributed by atoms with van der Waals surface area (Å²) in [6, 6.07) is 11.3. The van der Waals surface area contributed by atoms with E-state index in [2.05, 4.69) is 9.97 Å². The van der Waals surface area contributed by atoms with Crippen LogP contribution in [-0.2, 0) is 6.42 Å². The molecule has 2 aromatic heterocycles. The van der Waals surface area contributed by atoms with Gasteiger partial charge in [0, 0.05) is 12.6 Å². The van der Waals surface area contributed by atoms with E-state index >= 15 is 0 Å². The molecule has 0 aliphatic rings. The normalized spacial score (nSPS) is 10.6. The lowest BCUT2D eigenvalue weighted by atomic mass is 10.1. The summed E-state index contributed by atoms with van der Waals surface area (Å²) in [6.45, 7) is 0. The molecule has 0 unspecified atom stereocenters. The molecule has 4 nitrogen and oxygen atoms in total. The first-order valence-corrected chi connectivity index (χ1v) is 7.34. The molecule has 6 heteroatoms. The highest BCUT2D eigenvalue weighted by Crippen LogP contribution is 2.28. The zero-order valence-corrected chi connectivity index (χ0v) is 12.2. The van der Waals surface area contributed by atoms with Crippen molar-refractivity contribution >= 4 is 17.3 Å². The predicted molar refractivity (Wildman–Crippen MR) is 81.5 cm³/mol. The number of rotatable bonds is 4. The van der Waals surface area contributed by atoms with E-state index in [4.69, 9.17) is 0 Å². The first-order valence-electron chi connectivity index (χ1n) is 6.52. The Morgan fingerprint density at radius 3 is 2.59 bits per heavy atom. The number of benzene rings is 1. The fourth-order valence-corrected chi connectivity index (χ4v) is 2.93. The fraction of sp³-hybridized carbons (Fsp3) is 0.0625. The summed E-state index contributed by atoms with van der Waals surface area (Å²) >= 11 is 1.10. The molecule has 0 bridgehead atoms. The molecule has 0 saturated carbocycles. The Hall–Kier alpha value is -2.60. The first kappa shape index (κ1) is 14.3. The van der Waals surface area contributed by atoms with Gasteiger partial charge in [-0.2, -0.15) is 0 Å². The predicted octanol–water partition coefficient (Wildman–Crippen LogP) is 3.63. The van der Waals surface area contributed by atoms with Gasteiger partial charge in [0.25, 0.3) is 0 Å². The maximum atomic E-state index is 12.9. The van der Waals surface area contributed by atoms with E-state index in [-0.39, 0.29) is 10.7 Å². The van der Waals surface area contributed by atoms with Crippen LogP contribution in [0.4, 0.5) is 4.39 Å². The van der Waals surface area contributed by atoms with Gasteiger partial charge in [0.15, 0.2) is 0 Å². The lowest BCUT2D eigenvalue weighted by molar-refractivity contribution is 0.0701. The number of pyridine rings is 1. The van der Waals surface area contributed by atoms with Crippen molar-refractivity contribution < 1.29 is 14.3 Å². The molecule has 0 amide bonds. The number of nitrogens with zero attached hydrogens (tertiary/aromatic N) is 2. The SMILES string of the molecule is O=C(O)c1sc(-c2ccccn2)nc1Cc1ccc(F)cc1. The molecule has 3 aromatic rings. The zero-order chi connectivity index (χ0) is 15.5. The molecule has 0 atom stereocenters. The summed E-state index contributed by atoms with van der Waals surface area (Å²) in [7, 11) is 0. The van der Waals surface area contributed by atoms with Gasteiger partial charge in [-0.05, 0) is 29.8 Å². The minimum absolute atomic E-state index is 0.185.